The topological polar surface area (TPSA) is 106 Å². The Balaban J connectivity index is 4.28. The Morgan fingerprint density at radius 1 is 1.53 bits per heavy atom. The Morgan fingerprint density at radius 3 is 2.47 bits per heavy atom. The molecule has 0 aromatic rings. The van der Waals surface area contributed by atoms with Gasteiger partial charge < -0.3 is 11.1 Å². The maximum Gasteiger partial charge on any atom is 0.244 e. The van der Waals surface area contributed by atoms with E-state index in [1.807, 2.05) is 0 Å². The molecule has 6 nitrogen and oxygen atoms in total. The summed E-state index contributed by atoms with van der Waals surface area (Å²) in [6.45, 7) is 4.50. The normalized spacial score (nSPS) is 14.8. The Morgan fingerprint density at radius 2 is 2.06 bits per heavy atom. The monoisotopic (exact) mass is 282 g/mol. The third-order valence-corrected chi connectivity index (χ3v) is 4.54. The van der Waals surface area contributed by atoms with Crippen molar-refractivity contribution in [2.45, 2.75) is 24.2 Å². The molecule has 17 heavy (non-hydrogen) atoms. The summed E-state index contributed by atoms with van der Waals surface area (Å²) in [5.74, 6) is -1.57. The molecule has 0 heterocycles. The van der Waals surface area contributed by atoms with E-state index in [-0.39, 0.29) is 6.42 Å². The van der Waals surface area contributed by atoms with E-state index < -0.39 is 38.2 Å². The average molecular weight is 283 g/mol. The van der Waals surface area contributed by atoms with Crippen molar-refractivity contribution in [3.05, 3.63) is 12.7 Å². The number of sulfone groups is 1. The minimum Gasteiger partial charge on any atom is -0.331 e. The van der Waals surface area contributed by atoms with Gasteiger partial charge >= 0.3 is 0 Å². The maximum absolute atomic E-state index is 11.4. The average Bonchev–Trinajstić information content (AvgIpc) is 2.25. The van der Waals surface area contributed by atoms with Crippen LogP contribution in [0.25, 0.3) is 0 Å². The molecule has 0 aliphatic carbocycles. The molecule has 0 spiro atoms. The number of rotatable bonds is 7. The fraction of sp³-hybridized carbons (Fsp3) is 0.556. The SMILES string of the molecule is C=CC(=O)NC(N)C(=O)CCS(=O)(=O)C(C)Cl. The highest BCUT2D eigenvalue weighted by Gasteiger charge is 2.22. The molecule has 2 atom stereocenters. The van der Waals surface area contributed by atoms with Crippen molar-refractivity contribution in [1.29, 1.82) is 0 Å². The van der Waals surface area contributed by atoms with Gasteiger partial charge in [-0.15, -0.1) is 11.6 Å². The Kier molecular flexibility index (Phi) is 6.36. The zero-order chi connectivity index (χ0) is 13.6. The maximum atomic E-state index is 11.4. The van der Waals surface area contributed by atoms with Crippen LogP contribution in [-0.4, -0.2) is 36.7 Å². The lowest BCUT2D eigenvalue weighted by molar-refractivity contribution is -0.125. The zero-order valence-corrected chi connectivity index (χ0v) is 10.9. The third-order valence-electron chi connectivity index (χ3n) is 1.96. The first-order chi connectivity index (χ1) is 7.70. The molecular weight excluding hydrogens is 268 g/mol. The van der Waals surface area contributed by atoms with Gasteiger partial charge in [0.15, 0.2) is 15.6 Å². The number of alkyl halides is 1. The number of halogens is 1. The van der Waals surface area contributed by atoms with Crippen LogP contribution in [0.3, 0.4) is 0 Å². The Hall–Kier alpha value is -0.920. The van der Waals surface area contributed by atoms with Gasteiger partial charge in [0.25, 0.3) is 0 Å². The first kappa shape index (κ1) is 16.1. The van der Waals surface area contributed by atoms with Crippen LogP contribution in [0.5, 0.6) is 0 Å². The zero-order valence-electron chi connectivity index (χ0n) is 9.35. The molecule has 0 fully saturated rings. The van der Waals surface area contributed by atoms with Crippen molar-refractivity contribution in [2.75, 3.05) is 5.75 Å². The lowest BCUT2D eigenvalue weighted by Crippen LogP contribution is -2.47. The van der Waals surface area contributed by atoms with E-state index >= 15 is 0 Å². The molecule has 3 N–H and O–H groups in total. The molecule has 0 rings (SSSR count). The number of nitrogens with one attached hydrogen (secondary N) is 1. The molecule has 98 valence electrons. The lowest BCUT2D eigenvalue weighted by Gasteiger charge is -2.11. The van der Waals surface area contributed by atoms with Crippen molar-refractivity contribution < 1.29 is 18.0 Å². The van der Waals surface area contributed by atoms with Crippen LogP contribution in [0.2, 0.25) is 0 Å². The third kappa shape index (κ3) is 5.81. The predicted molar refractivity (Wildman–Crippen MR) is 65.0 cm³/mol. The fourth-order valence-electron chi connectivity index (χ4n) is 0.853. The highest BCUT2D eigenvalue weighted by molar-refractivity contribution is 7.93. The molecule has 0 aromatic heterocycles. The molecular formula is C9H15ClN2O4S. The molecule has 2 unspecified atom stereocenters. The number of hydrogen-bond donors (Lipinski definition) is 2. The summed E-state index contributed by atoms with van der Waals surface area (Å²) >= 11 is 5.43. The molecule has 0 bridgehead atoms. The molecule has 8 heteroatoms. The summed E-state index contributed by atoms with van der Waals surface area (Å²) in [4.78, 5) is 22.2. The van der Waals surface area contributed by atoms with Crippen molar-refractivity contribution in [2.24, 2.45) is 5.73 Å². The molecule has 0 radical (unpaired) electrons. The first-order valence-electron chi connectivity index (χ1n) is 4.77. The van der Waals surface area contributed by atoms with E-state index in [0.717, 1.165) is 6.08 Å². The van der Waals surface area contributed by atoms with Crippen LogP contribution in [-0.2, 0) is 19.4 Å². The number of ketones is 1. The van der Waals surface area contributed by atoms with E-state index in [9.17, 15) is 18.0 Å². The number of hydrogen-bond acceptors (Lipinski definition) is 5. The predicted octanol–water partition coefficient (Wildman–Crippen LogP) is -0.468. The van der Waals surface area contributed by atoms with Gasteiger partial charge in [0.1, 0.15) is 10.9 Å². The van der Waals surface area contributed by atoms with Gasteiger partial charge in [-0.3, -0.25) is 9.59 Å². The summed E-state index contributed by atoms with van der Waals surface area (Å²) in [6, 6.07) is 0. The summed E-state index contributed by atoms with van der Waals surface area (Å²) in [6.07, 6.45) is -0.566. The van der Waals surface area contributed by atoms with Crippen LogP contribution >= 0.6 is 11.6 Å². The second-order valence-electron chi connectivity index (χ2n) is 3.32. The lowest BCUT2D eigenvalue weighted by atomic mass is 10.2. The largest absolute Gasteiger partial charge is 0.331 e. The molecule has 0 aliphatic heterocycles. The summed E-state index contributed by atoms with van der Waals surface area (Å²) < 4.78 is 21.6. The van der Waals surface area contributed by atoms with Crippen molar-refractivity contribution >= 4 is 33.1 Å². The molecule has 0 saturated carbocycles. The van der Waals surface area contributed by atoms with E-state index in [4.69, 9.17) is 17.3 Å². The summed E-state index contributed by atoms with van der Waals surface area (Å²) in [5.41, 5.74) is 5.34. The van der Waals surface area contributed by atoms with Crippen molar-refractivity contribution in [1.82, 2.24) is 5.32 Å². The van der Waals surface area contributed by atoms with E-state index in [1.165, 1.54) is 6.92 Å². The second kappa shape index (κ2) is 6.73. The van der Waals surface area contributed by atoms with Gasteiger partial charge in [-0.1, -0.05) is 6.58 Å². The summed E-state index contributed by atoms with van der Waals surface area (Å²) in [5, 5.41) is 2.14. The number of nitrogens with two attached hydrogens (primary N) is 1. The highest BCUT2D eigenvalue weighted by Crippen LogP contribution is 2.08. The minimum atomic E-state index is -3.50. The number of Topliss-reactive ketones (excluding diaryl/α,β-unsaturated/α-hetero) is 1. The van der Waals surface area contributed by atoms with Crippen molar-refractivity contribution in [3.63, 3.8) is 0 Å². The number of amides is 1. The molecule has 0 aromatic carbocycles. The van der Waals surface area contributed by atoms with Crippen LogP contribution in [0, 0.1) is 0 Å². The Bertz CT molecular complexity index is 405. The van der Waals surface area contributed by atoms with Gasteiger partial charge in [0.2, 0.25) is 5.91 Å². The van der Waals surface area contributed by atoms with Crippen LogP contribution < -0.4 is 11.1 Å². The smallest absolute Gasteiger partial charge is 0.244 e. The second-order valence-corrected chi connectivity index (χ2v) is 6.67. The molecule has 0 aliphatic rings. The van der Waals surface area contributed by atoms with Gasteiger partial charge in [0.05, 0.1) is 5.75 Å². The molecule has 0 saturated heterocycles. The fourth-order valence-corrected chi connectivity index (χ4v) is 1.93. The quantitative estimate of drug-likeness (QED) is 0.373. The van der Waals surface area contributed by atoms with Crippen LogP contribution in [0.1, 0.15) is 13.3 Å². The minimum absolute atomic E-state index is 0.294. The van der Waals surface area contributed by atoms with E-state index in [1.54, 1.807) is 0 Å². The number of carbonyl (C=O) groups is 2. The van der Waals surface area contributed by atoms with E-state index in [2.05, 4.69) is 11.9 Å². The first-order valence-corrected chi connectivity index (χ1v) is 6.92. The standard InChI is InChI=1S/C9H15ClN2O4S/c1-3-8(14)12-9(11)7(13)4-5-17(15,16)6(2)10/h3,6,9H,1,4-5,11H2,2H3,(H,12,14). The van der Waals surface area contributed by atoms with Crippen LogP contribution in [0.15, 0.2) is 12.7 Å². The van der Waals surface area contributed by atoms with Gasteiger partial charge in [-0.05, 0) is 13.0 Å². The van der Waals surface area contributed by atoms with Crippen molar-refractivity contribution in [3.8, 4) is 0 Å². The van der Waals surface area contributed by atoms with Crippen LogP contribution in [0.4, 0.5) is 0 Å². The summed E-state index contributed by atoms with van der Waals surface area (Å²) in [7, 11) is -3.50. The Labute approximate surface area is 105 Å². The highest BCUT2D eigenvalue weighted by atomic mass is 35.5. The molecule has 1 amide bonds. The van der Waals surface area contributed by atoms with Gasteiger partial charge in [0, 0.05) is 6.42 Å². The number of carbonyl (C=O) groups excluding carboxylic acids is 2. The van der Waals surface area contributed by atoms with E-state index in [0.29, 0.717) is 0 Å². The van der Waals surface area contributed by atoms with Gasteiger partial charge in [-0.25, -0.2) is 8.42 Å². The van der Waals surface area contributed by atoms with Gasteiger partial charge in [-0.2, -0.15) is 0 Å².